The Kier molecular flexibility index (Phi) is 3.91. The fraction of sp³-hybridized carbons (Fsp3) is 0.500. The van der Waals surface area contributed by atoms with Gasteiger partial charge in [0.25, 0.3) is 0 Å². The molecule has 2 aromatic rings. The van der Waals surface area contributed by atoms with E-state index < -0.39 is 0 Å². The number of aliphatic hydroxyl groups excluding tert-OH is 1. The quantitative estimate of drug-likeness (QED) is 0.927. The molecule has 3 nitrogen and oxygen atoms in total. The Morgan fingerprint density at radius 1 is 1.18 bits per heavy atom. The van der Waals surface area contributed by atoms with Crippen molar-refractivity contribution in [2.45, 2.75) is 39.7 Å². The zero-order valence-corrected chi connectivity index (χ0v) is 11.9. The van der Waals surface area contributed by atoms with Gasteiger partial charge in [0, 0.05) is 28.8 Å². The Labute approximate surface area is 109 Å². The molecule has 0 amide bonds. The first kappa shape index (κ1) is 12.7. The maximum absolute atomic E-state index is 10.00. The lowest BCUT2D eigenvalue weighted by molar-refractivity contribution is 0.175. The van der Waals surface area contributed by atoms with Crippen molar-refractivity contribution in [2.24, 2.45) is 0 Å². The Hall–Kier alpha value is -0.780. The van der Waals surface area contributed by atoms with Crippen molar-refractivity contribution in [3.8, 4) is 0 Å². The van der Waals surface area contributed by atoms with E-state index in [1.165, 1.54) is 4.88 Å². The number of rotatable bonds is 4. The van der Waals surface area contributed by atoms with Crippen molar-refractivity contribution in [2.75, 3.05) is 0 Å². The topological polar surface area (TPSA) is 46.0 Å². The van der Waals surface area contributed by atoms with Crippen LogP contribution in [0.4, 0.5) is 0 Å². The summed E-state index contributed by atoms with van der Waals surface area (Å²) < 4.78 is 0. The van der Waals surface area contributed by atoms with Crippen molar-refractivity contribution < 1.29 is 5.11 Å². The third kappa shape index (κ3) is 3.34. The van der Waals surface area contributed by atoms with Gasteiger partial charge in [0.1, 0.15) is 0 Å². The van der Waals surface area contributed by atoms with Gasteiger partial charge in [0.2, 0.25) is 0 Å². The van der Waals surface area contributed by atoms with Gasteiger partial charge in [-0.15, -0.1) is 22.7 Å². The Bertz CT molecular complexity index is 485. The first-order valence-electron chi connectivity index (χ1n) is 5.56. The molecule has 0 fully saturated rings. The number of hydrogen-bond acceptors (Lipinski definition) is 5. The fourth-order valence-corrected chi connectivity index (χ4v) is 3.45. The van der Waals surface area contributed by atoms with Crippen LogP contribution in [0.25, 0.3) is 0 Å². The molecule has 92 valence electrons. The highest BCUT2D eigenvalue weighted by atomic mass is 32.1. The monoisotopic (exact) mass is 268 g/mol. The van der Waals surface area contributed by atoms with Crippen LogP contribution in [0.15, 0.2) is 5.38 Å². The predicted octanol–water partition coefficient (Wildman–Crippen LogP) is 2.67. The Morgan fingerprint density at radius 3 is 2.41 bits per heavy atom. The maximum Gasteiger partial charge on any atom is 0.0956 e. The molecule has 5 heteroatoms. The number of aliphatic hydroxyl groups is 1. The molecule has 2 rings (SSSR count). The SMILES string of the molecule is Cc1csc(CC(O)Cc2nc(C)c(C)s2)n1. The first-order chi connectivity index (χ1) is 8.04. The van der Waals surface area contributed by atoms with Crippen molar-refractivity contribution in [3.63, 3.8) is 0 Å². The standard InChI is InChI=1S/C12H16N2OS2/c1-7-6-16-11(13-7)4-10(15)5-12-14-8(2)9(3)17-12/h6,10,15H,4-5H2,1-3H3. The van der Waals surface area contributed by atoms with Crippen LogP contribution in [0, 0.1) is 20.8 Å². The molecule has 2 heterocycles. The van der Waals surface area contributed by atoms with Gasteiger partial charge >= 0.3 is 0 Å². The van der Waals surface area contributed by atoms with E-state index >= 15 is 0 Å². The van der Waals surface area contributed by atoms with E-state index in [-0.39, 0.29) is 6.10 Å². The van der Waals surface area contributed by atoms with Crippen molar-refractivity contribution in [3.05, 3.63) is 31.7 Å². The van der Waals surface area contributed by atoms with Crippen LogP contribution >= 0.6 is 22.7 Å². The average molecular weight is 268 g/mol. The van der Waals surface area contributed by atoms with Crippen LogP contribution < -0.4 is 0 Å². The van der Waals surface area contributed by atoms with E-state index in [1.54, 1.807) is 22.7 Å². The van der Waals surface area contributed by atoms with Gasteiger partial charge in [-0.2, -0.15) is 0 Å². The highest BCUT2D eigenvalue weighted by Gasteiger charge is 2.12. The van der Waals surface area contributed by atoms with E-state index in [9.17, 15) is 5.11 Å². The fourth-order valence-electron chi connectivity index (χ4n) is 1.60. The average Bonchev–Trinajstić information content (AvgIpc) is 2.75. The Balaban J connectivity index is 1.95. The summed E-state index contributed by atoms with van der Waals surface area (Å²) in [7, 11) is 0. The second kappa shape index (κ2) is 5.25. The van der Waals surface area contributed by atoms with E-state index in [4.69, 9.17) is 0 Å². The molecular weight excluding hydrogens is 252 g/mol. The van der Waals surface area contributed by atoms with E-state index in [1.807, 2.05) is 19.2 Å². The summed E-state index contributed by atoms with van der Waals surface area (Å²) in [5.41, 5.74) is 2.10. The normalized spacial score (nSPS) is 12.9. The van der Waals surface area contributed by atoms with E-state index in [0.717, 1.165) is 21.4 Å². The van der Waals surface area contributed by atoms with Crippen LogP contribution in [0.1, 0.15) is 26.3 Å². The molecule has 17 heavy (non-hydrogen) atoms. The molecule has 0 aliphatic heterocycles. The number of hydrogen-bond donors (Lipinski definition) is 1. The molecule has 2 aromatic heterocycles. The van der Waals surface area contributed by atoms with Gasteiger partial charge in [0.05, 0.1) is 21.8 Å². The molecule has 0 bridgehead atoms. The first-order valence-corrected chi connectivity index (χ1v) is 7.26. The number of aryl methyl sites for hydroxylation is 3. The maximum atomic E-state index is 10.00. The van der Waals surface area contributed by atoms with Crippen LogP contribution in [0.5, 0.6) is 0 Å². The van der Waals surface area contributed by atoms with Gasteiger partial charge in [-0.3, -0.25) is 0 Å². The molecule has 0 saturated heterocycles. The third-order valence-corrected chi connectivity index (χ3v) is 4.64. The Morgan fingerprint density at radius 2 is 1.88 bits per heavy atom. The number of thiazole rings is 2. The lowest BCUT2D eigenvalue weighted by Crippen LogP contribution is -2.13. The van der Waals surface area contributed by atoms with Crippen LogP contribution in [0.3, 0.4) is 0 Å². The van der Waals surface area contributed by atoms with Crippen LogP contribution in [0.2, 0.25) is 0 Å². The zero-order valence-electron chi connectivity index (χ0n) is 10.2. The third-order valence-electron chi connectivity index (χ3n) is 2.56. The minimum absolute atomic E-state index is 0.384. The van der Waals surface area contributed by atoms with Gasteiger partial charge in [-0.05, 0) is 20.8 Å². The highest BCUT2D eigenvalue weighted by Crippen LogP contribution is 2.19. The van der Waals surface area contributed by atoms with Gasteiger partial charge in [-0.1, -0.05) is 0 Å². The molecule has 1 N–H and O–H groups in total. The highest BCUT2D eigenvalue weighted by molar-refractivity contribution is 7.11. The minimum atomic E-state index is -0.384. The summed E-state index contributed by atoms with van der Waals surface area (Å²) in [6.07, 6.45) is 0.860. The van der Waals surface area contributed by atoms with Crippen molar-refractivity contribution in [1.82, 2.24) is 9.97 Å². The molecule has 0 saturated carbocycles. The lowest BCUT2D eigenvalue weighted by atomic mass is 10.2. The summed E-state index contributed by atoms with van der Waals surface area (Å²) in [6.45, 7) is 6.04. The summed E-state index contributed by atoms with van der Waals surface area (Å²) in [5.74, 6) is 0. The second-order valence-electron chi connectivity index (χ2n) is 4.19. The zero-order chi connectivity index (χ0) is 12.4. The smallest absolute Gasteiger partial charge is 0.0956 e. The molecular formula is C12H16N2OS2. The molecule has 0 spiro atoms. The number of nitrogens with zero attached hydrogens (tertiary/aromatic N) is 2. The van der Waals surface area contributed by atoms with Gasteiger partial charge < -0.3 is 5.11 Å². The molecule has 0 aromatic carbocycles. The summed E-state index contributed by atoms with van der Waals surface area (Å²) >= 11 is 3.28. The van der Waals surface area contributed by atoms with Crippen LogP contribution in [-0.2, 0) is 12.8 Å². The molecule has 0 radical (unpaired) electrons. The summed E-state index contributed by atoms with van der Waals surface area (Å²) in [5, 5.41) is 14.0. The van der Waals surface area contributed by atoms with Crippen molar-refractivity contribution >= 4 is 22.7 Å². The summed E-state index contributed by atoms with van der Waals surface area (Å²) in [4.78, 5) is 10.0. The molecule has 0 aliphatic carbocycles. The summed E-state index contributed by atoms with van der Waals surface area (Å²) in [6, 6.07) is 0. The van der Waals surface area contributed by atoms with E-state index in [2.05, 4.69) is 16.9 Å². The second-order valence-corrected chi connectivity index (χ2v) is 6.42. The molecule has 0 aliphatic rings. The number of aromatic nitrogens is 2. The molecule has 1 unspecified atom stereocenters. The van der Waals surface area contributed by atoms with Crippen molar-refractivity contribution in [1.29, 1.82) is 0 Å². The molecule has 1 atom stereocenters. The van der Waals surface area contributed by atoms with Crippen LogP contribution in [-0.4, -0.2) is 21.2 Å². The minimum Gasteiger partial charge on any atom is -0.392 e. The lowest BCUT2D eigenvalue weighted by Gasteiger charge is -2.05. The van der Waals surface area contributed by atoms with E-state index in [0.29, 0.717) is 12.8 Å². The predicted molar refractivity (Wildman–Crippen MR) is 71.9 cm³/mol. The van der Waals surface area contributed by atoms with Gasteiger partial charge in [-0.25, -0.2) is 9.97 Å². The largest absolute Gasteiger partial charge is 0.392 e. The van der Waals surface area contributed by atoms with Gasteiger partial charge in [0.15, 0.2) is 0 Å².